The standard InChI is InChI=1S/C21H26BrNO3/c1-24-21-9-4-17(3-2-10-23-11-13-25-14-12-23)15-18(21)16-26-20-7-5-19(22)6-8-20/h4-9,15H,2-3,10-14,16H2,1H3. The van der Waals surface area contributed by atoms with Crippen molar-refractivity contribution in [2.24, 2.45) is 0 Å². The second-order valence-electron chi connectivity index (χ2n) is 6.45. The zero-order chi connectivity index (χ0) is 18.2. The number of aryl methyl sites for hydroxylation is 1. The van der Waals surface area contributed by atoms with Crippen LogP contribution in [0.25, 0.3) is 0 Å². The molecule has 1 fully saturated rings. The first kappa shape index (κ1) is 19.2. The zero-order valence-electron chi connectivity index (χ0n) is 15.2. The number of hydrogen-bond donors (Lipinski definition) is 0. The van der Waals surface area contributed by atoms with E-state index in [4.69, 9.17) is 14.2 Å². The van der Waals surface area contributed by atoms with Crippen molar-refractivity contribution in [3.63, 3.8) is 0 Å². The molecule has 0 spiro atoms. The van der Waals surface area contributed by atoms with Gasteiger partial charge in [-0.25, -0.2) is 0 Å². The summed E-state index contributed by atoms with van der Waals surface area (Å²) in [6.45, 7) is 5.45. The Kier molecular flexibility index (Phi) is 7.35. The van der Waals surface area contributed by atoms with E-state index < -0.39 is 0 Å². The topological polar surface area (TPSA) is 30.9 Å². The van der Waals surface area contributed by atoms with Crippen LogP contribution in [0.4, 0.5) is 0 Å². The van der Waals surface area contributed by atoms with E-state index in [0.717, 1.165) is 67.2 Å². The maximum atomic E-state index is 5.92. The molecule has 5 heteroatoms. The Morgan fingerprint density at radius 2 is 1.85 bits per heavy atom. The largest absolute Gasteiger partial charge is 0.496 e. The van der Waals surface area contributed by atoms with Gasteiger partial charge in [0, 0.05) is 23.1 Å². The molecule has 0 aromatic heterocycles. The number of benzene rings is 2. The summed E-state index contributed by atoms with van der Waals surface area (Å²) in [4.78, 5) is 2.48. The average Bonchev–Trinajstić information content (AvgIpc) is 2.68. The van der Waals surface area contributed by atoms with Crippen LogP contribution in [0.3, 0.4) is 0 Å². The first-order chi connectivity index (χ1) is 12.7. The zero-order valence-corrected chi connectivity index (χ0v) is 16.8. The van der Waals surface area contributed by atoms with Crippen LogP contribution in [0.15, 0.2) is 46.9 Å². The van der Waals surface area contributed by atoms with Crippen molar-refractivity contribution < 1.29 is 14.2 Å². The van der Waals surface area contributed by atoms with E-state index in [1.54, 1.807) is 7.11 Å². The van der Waals surface area contributed by atoms with Gasteiger partial charge in [-0.2, -0.15) is 0 Å². The number of methoxy groups -OCH3 is 1. The van der Waals surface area contributed by atoms with E-state index in [1.165, 1.54) is 5.56 Å². The number of halogens is 1. The van der Waals surface area contributed by atoms with Crippen molar-refractivity contribution >= 4 is 15.9 Å². The lowest BCUT2D eigenvalue weighted by Crippen LogP contribution is -2.36. The fourth-order valence-corrected chi connectivity index (χ4v) is 3.39. The van der Waals surface area contributed by atoms with E-state index in [2.05, 4.69) is 33.0 Å². The van der Waals surface area contributed by atoms with Crippen LogP contribution < -0.4 is 9.47 Å². The molecular formula is C21H26BrNO3. The number of hydrogen-bond acceptors (Lipinski definition) is 4. The molecular weight excluding hydrogens is 394 g/mol. The van der Waals surface area contributed by atoms with Gasteiger partial charge in [0.05, 0.1) is 20.3 Å². The predicted octanol–water partition coefficient (Wildman–Crippen LogP) is 4.30. The molecule has 0 aliphatic carbocycles. The van der Waals surface area contributed by atoms with Gasteiger partial charge in [-0.3, -0.25) is 4.90 Å². The first-order valence-corrected chi connectivity index (χ1v) is 9.88. The highest BCUT2D eigenvalue weighted by atomic mass is 79.9. The molecule has 0 saturated carbocycles. The highest BCUT2D eigenvalue weighted by molar-refractivity contribution is 9.10. The molecule has 0 radical (unpaired) electrons. The lowest BCUT2D eigenvalue weighted by molar-refractivity contribution is 0.0374. The highest BCUT2D eigenvalue weighted by Gasteiger charge is 2.10. The monoisotopic (exact) mass is 419 g/mol. The van der Waals surface area contributed by atoms with E-state index in [0.29, 0.717) is 6.61 Å². The van der Waals surface area contributed by atoms with Crippen molar-refractivity contribution in [1.82, 2.24) is 4.90 Å². The van der Waals surface area contributed by atoms with Crippen molar-refractivity contribution in [2.45, 2.75) is 19.4 Å². The smallest absolute Gasteiger partial charge is 0.125 e. The summed E-state index contributed by atoms with van der Waals surface area (Å²) in [6.07, 6.45) is 2.21. The van der Waals surface area contributed by atoms with Gasteiger partial charge in [0.2, 0.25) is 0 Å². The number of rotatable bonds is 8. The normalized spacial score (nSPS) is 15.0. The fraction of sp³-hybridized carbons (Fsp3) is 0.429. The fourth-order valence-electron chi connectivity index (χ4n) is 3.12. The molecule has 0 bridgehead atoms. The van der Waals surface area contributed by atoms with Crippen LogP contribution in [0, 0.1) is 0 Å². The van der Waals surface area contributed by atoms with Gasteiger partial charge in [0.1, 0.15) is 18.1 Å². The van der Waals surface area contributed by atoms with Gasteiger partial charge >= 0.3 is 0 Å². The Morgan fingerprint density at radius 3 is 2.58 bits per heavy atom. The minimum absolute atomic E-state index is 0.502. The van der Waals surface area contributed by atoms with Gasteiger partial charge in [-0.15, -0.1) is 0 Å². The van der Waals surface area contributed by atoms with Gasteiger partial charge in [-0.05, 0) is 61.3 Å². The quantitative estimate of drug-likeness (QED) is 0.637. The number of nitrogens with zero attached hydrogens (tertiary/aromatic N) is 1. The predicted molar refractivity (Wildman–Crippen MR) is 107 cm³/mol. The SMILES string of the molecule is COc1ccc(CCCN2CCOCC2)cc1COc1ccc(Br)cc1. The highest BCUT2D eigenvalue weighted by Crippen LogP contribution is 2.24. The van der Waals surface area contributed by atoms with Crippen LogP contribution in [0.1, 0.15) is 17.5 Å². The Bertz CT molecular complexity index is 684. The van der Waals surface area contributed by atoms with Crippen LogP contribution in [-0.2, 0) is 17.8 Å². The van der Waals surface area contributed by atoms with Gasteiger partial charge < -0.3 is 14.2 Å². The second-order valence-corrected chi connectivity index (χ2v) is 7.36. The van der Waals surface area contributed by atoms with E-state index in [-0.39, 0.29) is 0 Å². The Morgan fingerprint density at radius 1 is 1.08 bits per heavy atom. The van der Waals surface area contributed by atoms with E-state index >= 15 is 0 Å². The molecule has 4 nitrogen and oxygen atoms in total. The first-order valence-electron chi connectivity index (χ1n) is 9.09. The molecule has 1 saturated heterocycles. The number of morpholine rings is 1. The molecule has 1 heterocycles. The molecule has 0 amide bonds. The third kappa shape index (κ3) is 5.73. The van der Waals surface area contributed by atoms with Crippen LogP contribution in [-0.4, -0.2) is 44.9 Å². The van der Waals surface area contributed by atoms with Crippen LogP contribution in [0.2, 0.25) is 0 Å². The Hall–Kier alpha value is -1.56. The van der Waals surface area contributed by atoms with Crippen LogP contribution >= 0.6 is 15.9 Å². The minimum atomic E-state index is 0.502. The van der Waals surface area contributed by atoms with Crippen molar-refractivity contribution in [3.8, 4) is 11.5 Å². The summed E-state index contributed by atoms with van der Waals surface area (Å²) in [7, 11) is 1.70. The molecule has 0 unspecified atom stereocenters. The summed E-state index contributed by atoms with van der Waals surface area (Å²) in [5, 5.41) is 0. The van der Waals surface area contributed by atoms with E-state index in [1.807, 2.05) is 30.3 Å². The third-order valence-electron chi connectivity index (χ3n) is 4.60. The molecule has 0 N–H and O–H groups in total. The van der Waals surface area contributed by atoms with Crippen molar-refractivity contribution in [1.29, 1.82) is 0 Å². The molecule has 2 aromatic carbocycles. The van der Waals surface area contributed by atoms with Crippen molar-refractivity contribution in [3.05, 3.63) is 58.1 Å². The lowest BCUT2D eigenvalue weighted by atomic mass is 10.1. The molecule has 1 aliphatic heterocycles. The van der Waals surface area contributed by atoms with Crippen molar-refractivity contribution in [2.75, 3.05) is 40.0 Å². The molecule has 0 atom stereocenters. The summed E-state index contributed by atoms with van der Waals surface area (Å²) in [5.74, 6) is 1.73. The maximum Gasteiger partial charge on any atom is 0.125 e. The summed E-state index contributed by atoms with van der Waals surface area (Å²) in [6, 6.07) is 14.3. The van der Waals surface area contributed by atoms with Gasteiger partial charge in [0.15, 0.2) is 0 Å². The van der Waals surface area contributed by atoms with E-state index in [9.17, 15) is 0 Å². The summed E-state index contributed by atoms with van der Waals surface area (Å²) in [5.41, 5.74) is 2.41. The Balaban J connectivity index is 1.55. The lowest BCUT2D eigenvalue weighted by Gasteiger charge is -2.26. The summed E-state index contributed by atoms with van der Waals surface area (Å²) >= 11 is 3.44. The minimum Gasteiger partial charge on any atom is -0.496 e. The third-order valence-corrected chi connectivity index (χ3v) is 5.12. The number of ether oxygens (including phenoxy) is 3. The molecule has 26 heavy (non-hydrogen) atoms. The molecule has 3 rings (SSSR count). The average molecular weight is 420 g/mol. The maximum absolute atomic E-state index is 5.92. The van der Waals surface area contributed by atoms with Gasteiger partial charge in [0.25, 0.3) is 0 Å². The summed E-state index contributed by atoms with van der Waals surface area (Å²) < 4.78 is 17.9. The second kappa shape index (κ2) is 9.95. The van der Waals surface area contributed by atoms with Gasteiger partial charge in [-0.1, -0.05) is 22.0 Å². The van der Waals surface area contributed by atoms with Crippen LogP contribution in [0.5, 0.6) is 11.5 Å². The Labute approximate surface area is 164 Å². The molecule has 140 valence electrons. The molecule has 1 aliphatic rings. The molecule has 2 aromatic rings.